The smallest absolute Gasteiger partial charge is 0.308 e. The summed E-state index contributed by atoms with van der Waals surface area (Å²) >= 11 is 0. The Morgan fingerprint density at radius 1 is 1.26 bits per heavy atom. The van der Waals surface area contributed by atoms with Crippen molar-refractivity contribution in [1.82, 2.24) is 5.32 Å². The molecule has 1 saturated carbocycles. The van der Waals surface area contributed by atoms with Gasteiger partial charge in [0.2, 0.25) is 5.91 Å². The minimum atomic E-state index is -0.527. The average Bonchev–Trinajstić information content (AvgIpc) is 2.42. The molecule has 1 aliphatic carbocycles. The summed E-state index contributed by atoms with van der Waals surface area (Å²) in [6, 6.07) is 6.84. The first-order valence-electron chi connectivity index (χ1n) is 7.88. The van der Waals surface area contributed by atoms with Crippen LogP contribution < -0.4 is 10.6 Å². The van der Waals surface area contributed by atoms with Crippen molar-refractivity contribution in [1.29, 1.82) is 0 Å². The Morgan fingerprint density at radius 2 is 1.96 bits per heavy atom. The quantitative estimate of drug-likeness (QED) is 0.895. The number of Topliss-reactive ketones (excluding diaryl/α,β-unsaturated/α-hetero) is 1. The number of rotatable bonds is 4. The van der Waals surface area contributed by atoms with Crippen LogP contribution >= 0.6 is 0 Å². The number of aryl methyl sites for hydroxylation is 1. The molecule has 2 unspecified atom stereocenters. The maximum absolute atomic E-state index is 12.0. The molecule has 2 rings (SSSR count). The van der Waals surface area contributed by atoms with Gasteiger partial charge in [0.05, 0.1) is 0 Å². The Kier molecular flexibility index (Phi) is 4.88. The van der Waals surface area contributed by atoms with Gasteiger partial charge < -0.3 is 5.32 Å². The zero-order valence-corrected chi connectivity index (χ0v) is 14.1. The summed E-state index contributed by atoms with van der Waals surface area (Å²) in [5.41, 5.74) is 1.49. The Hall–Kier alpha value is -2.17. The molecule has 2 atom stereocenters. The van der Waals surface area contributed by atoms with Gasteiger partial charge in [0.25, 0.3) is 0 Å². The number of amides is 3. The lowest BCUT2D eigenvalue weighted by Gasteiger charge is -2.51. The molecule has 5 nitrogen and oxygen atoms in total. The monoisotopic (exact) mass is 316 g/mol. The molecule has 0 bridgehead atoms. The minimum absolute atomic E-state index is 0.0152. The van der Waals surface area contributed by atoms with Gasteiger partial charge in [0.15, 0.2) is 0 Å². The van der Waals surface area contributed by atoms with Gasteiger partial charge in [-0.25, -0.2) is 4.79 Å². The number of carbonyl (C=O) groups excluding carboxylic acids is 3. The van der Waals surface area contributed by atoms with E-state index in [2.05, 4.69) is 10.6 Å². The van der Waals surface area contributed by atoms with E-state index in [1.807, 2.05) is 39.0 Å². The summed E-state index contributed by atoms with van der Waals surface area (Å²) in [6.07, 6.45) is 0.979. The van der Waals surface area contributed by atoms with E-state index >= 15 is 0 Å². The second kappa shape index (κ2) is 6.52. The van der Waals surface area contributed by atoms with Crippen LogP contribution in [0.5, 0.6) is 0 Å². The molecule has 1 aliphatic rings. The summed E-state index contributed by atoms with van der Waals surface area (Å²) in [5, 5.41) is 5.00. The van der Waals surface area contributed by atoms with E-state index in [9.17, 15) is 14.4 Å². The number of benzene rings is 1. The predicted octanol–water partition coefficient (Wildman–Crippen LogP) is 3.28. The van der Waals surface area contributed by atoms with E-state index in [0.29, 0.717) is 5.69 Å². The van der Waals surface area contributed by atoms with Crippen LogP contribution in [0.4, 0.5) is 10.5 Å². The highest BCUT2D eigenvalue weighted by Crippen LogP contribution is 2.53. The highest BCUT2D eigenvalue weighted by molar-refractivity contribution is 6.01. The van der Waals surface area contributed by atoms with Crippen LogP contribution in [0.15, 0.2) is 24.3 Å². The Bertz CT molecular complexity index is 637. The fourth-order valence-corrected chi connectivity index (χ4v) is 3.34. The standard InChI is InChI=1S/C18H24N2O3/c1-11-6-5-7-14(8-11)19-17(23)20-16(22)10-13-9-15(12(2)21)18(13,3)4/h5-8,13,15H,9-10H2,1-4H3,(H2,19,20,22,23). The highest BCUT2D eigenvalue weighted by atomic mass is 16.2. The summed E-state index contributed by atoms with van der Waals surface area (Å²) < 4.78 is 0. The molecule has 0 spiro atoms. The zero-order valence-electron chi connectivity index (χ0n) is 14.1. The molecule has 5 heteroatoms. The van der Waals surface area contributed by atoms with Gasteiger partial charge in [-0.2, -0.15) is 0 Å². The molecule has 23 heavy (non-hydrogen) atoms. The molecule has 0 aliphatic heterocycles. The molecule has 0 heterocycles. The SMILES string of the molecule is CC(=O)C1CC(CC(=O)NC(=O)Nc2cccc(C)c2)C1(C)C. The normalized spacial score (nSPS) is 21.9. The van der Waals surface area contributed by atoms with Crippen LogP contribution in [-0.4, -0.2) is 17.7 Å². The number of nitrogens with one attached hydrogen (secondary N) is 2. The number of carbonyl (C=O) groups is 3. The van der Waals surface area contributed by atoms with Crippen molar-refractivity contribution >= 4 is 23.4 Å². The van der Waals surface area contributed by atoms with Gasteiger partial charge in [-0.15, -0.1) is 0 Å². The summed E-state index contributed by atoms with van der Waals surface area (Å²) in [7, 11) is 0. The maximum Gasteiger partial charge on any atom is 0.325 e. The molecule has 2 N–H and O–H groups in total. The first-order valence-corrected chi connectivity index (χ1v) is 7.88. The van der Waals surface area contributed by atoms with Crippen molar-refractivity contribution in [3.05, 3.63) is 29.8 Å². The first kappa shape index (κ1) is 17.2. The van der Waals surface area contributed by atoms with Gasteiger partial charge in [0.1, 0.15) is 5.78 Å². The van der Waals surface area contributed by atoms with Crippen molar-refractivity contribution < 1.29 is 14.4 Å². The van der Waals surface area contributed by atoms with Gasteiger partial charge in [-0.05, 0) is 49.3 Å². The van der Waals surface area contributed by atoms with Gasteiger partial charge in [0, 0.05) is 18.0 Å². The topological polar surface area (TPSA) is 75.3 Å². The molecule has 1 aromatic rings. The lowest BCUT2D eigenvalue weighted by Crippen LogP contribution is -2.50. The van der Waals surface area contributed by atoms with Crippen LogP contribution in [0.2, 0.25) is 0 Å². The maximum atomic E-state index is 12.0. The van der Waals surface area contributed by atoms with Crippen LogP contribution in [-0.2, 0) is 9.59 Å². The van der Waals surface area contributed by atoms with Crippen molar-refractivity contribution in [3.8, 4) is 0 Å². The van der Waals surface area contributed by atoms with Gasteiger partial charge in [-0.1, -0.05) is 26.0 Å². The number of urea groups is 1. The van der Waals surface area contributed by atoms with Gasteiger partial charge in [-0.3, -0.25) is 14.9 Å². The molecule has 0 radical (unpaired) electrons. The van der Waals surface area contributed by atoms with Crippen molar-refractivity contribution in [3.63, 3.8) is 0 Å². The van der Waals surface area contributed by atoms with E-state index in [1.54, 1.807) is 13.0 Å². The average molecular weight is 316 g/mol. The molecule has 0 aromatic heterocycles. The second-order valence-electron chi connectivity index (χ2n) is 6.99. The molecule has 124 valence electrons. The molecule has 3 amide bonds. The Labute approximate surface area is 136 Å². The Balaban J connectivity index is 1.83. The van der Waals surface area contributed by atoms with Crippen LogP contribution in [0.3, 0.4) is 0 Å². The lowest BCUT2D eigenvalue weighted by molar-refractivity contribution is -0.140. The molecule has 1 fully saturated rings. The van der Waals surface area contributed by atoms with Gasteiger partial charge >= 0.3 is 6.03 Å². The number of hydrogen-bond donors (Lipinski definition) is 2. The number of ketones is 1. The lowest BCUT2D eigenvalue weighted by atomic mass is 9.52. The number of hydrogen-bond acceptors (Lipinski definition) is 3. The third kappa shape index (κ3) is 3.97. The first-order chi connectivity index (χ1) is 10.7. The van der Waals surface area contributed by atoms with E-state index in [-0.39, 0.29) is 35.4 Å². The molecule has 0 saturated heterocycles. The van der Waals surface area contributed by atoms with Crippen LogP contribution in [0.25, 0.3) is 0 Å². The fraction of sp³-hybridized carbons (Fsp3) is 0.500. The van der Waals surface area contributed by atoms with Crippen molar-refractivity contribution in [2.75, 3.05) is 5.32 Å². The summed E-state index contributed by atoms with van der Waals surface area (Å²) in [6.45, 7) is 7.54. The zero-order chi connectivity index (χ0) is 17.2. The third-order valence-electron chi connectivity index (χ3n) is 4.92. The largest absolute Gasteiger partial charge is 0.325 e. The van der Waals surface area contributed by atoms with Crippen LogP contribution in [0, 0.1) is 24.2 Å². The number of anilines is 1. The highest BCUT2D eigenvalue weighted by Gasteiger charge is 2.50. The van der Waals surface area contributed by atoms with E-state index < -0.39 is 6.03 Å². The predicted molar refractivity (Wildman–Crippen MR) is 89.0 cm³/mol. The van der Waals surface area contributed by atoms with E-state index in [4.69, 9.17) is 0 Å². The fourth-order valence-electron chi connectivity index (χ4n) is 3.34. The van der Waals surface area contributed by atoms with E-state index in [0.717, 1.165) is 12.0 Å². The molecular formula is C18H24N2O3. The minimum Gasteiger partial charge on any atom is -0.308 e. The van der Waals surface area contributed by atoms with E-state index in [1.165, 1.54) is 0 Å². The van der Waals surface area contributed by atoms with Crippen molar-refractivity contribution in [2.24, 2.45) is 17.3 Å². The number of imide groups is 1. The molecule has 1 aromatic carbocycles. The molecular weight excluding hydrogens is 292 g/mol. The third-order valence-corrected chi connectivity index (χ3v) is 4.92. The second-order valence-corrected chi connectivity index (χ2v) is 6.99. The summed E-state index contributed by atoms with van der Waals surface area (Å²) in [5.74, 6) is 0.00340. The van der Waals surface area contributed by atoms with Crippen molar-refractivity contribution in [2.45, 2.75) is 40.5 Å². The summed E-state index contributed by atoms with van der Waals surface area (Å²) in [4.78, 5) is 35.4. The Morgan fingerprint density at radius 3 is 2.52 bits per heavy atom. The van der Waals surface area contributed by atoms with Crippen LogP contribution in [0.1, 0.15) is 39.2 Å².